The average molecular weight is 270 g/mol. The molecule has 1 aliphatic rings. The molecule has 0 aliphatic carbocycles. The van der Waals surface area contributed by atoms with Crippen molar-refractivity contribution >= 4 is 5.91 Å². The van der Waals surface area contributed by atoms with E-state index < -0.39 is 0 Å². The maximum absolute atomic E-state index is 12.1. The number of carbonyl (C=O) groups excluding carboxylic acids is 1. The third kappa shape index (κ3) is 2.58. The lowest BCUT2D eigenvalue weighted by molar-refractivity contribution is -0.130. The molecule has 0 spiro atoms. The van der Waals surface area contributed by atoms with Crippen molar-refractivity contribution < 1.29 is 4.79 Å². The Morgan fingerprint density at radius 3 is 2.75 bits per heavy atom. The molecule has 20 heavy (non-hydrogen) atoms. The van der Waals surface area contributed by atoms with Gasteiger partial charge < -0.3 is 15.2 Å². The van der Waals surface area contributed by atoms with E-state index in [1.165, 1.54) is 0 Å². The lowest BCUT2D eigenvalue weighted by atomic mass is 10.1. The third-order valence-electron chi connectivity index (χ3n) is 3.69. The minimum atomic E-state index is -0.0588. The van der Waals surface area contributed by atoms with Crippen LogP contribution in [-0.4, -0.2) is 32.9 Å². The second-order valence-electron chi connectivity index (χ2n) is 5.20. The van der Waals surface area contributed by atoms with Gasteiger partial charge >= 0.3 is 0 Å². The molecule has 1 aliphatic heterocycles. The predicted octanol–water partition coefficient (Wildman–Crippen LogP) is 1.18. The highest BCUT2D eigenvalue weighted by Gasteiger charge is 2.33. The number of imidazole rings is 1. The van der Waals surface area contributed by atoms with Gasteiger partial charge in [0.15, 0.2) is 0 Å². The Morgan fingerprint density at radius 1 is 1.35 bits per heavy atom. The molecule has 2 N–H and O–H groups in total. The van der Waals surface area contributed by atoms with Gasteiger partial charge in [-0.2, -0.15) is 0 Å². The number of carbonyl (C=O) groups is 1. The third-order valence-corrected chi connectivity index (χ3v) is 3.69. The van der Waals surface area contributed by atoms with Gasteiger partial charge in [-0.1, -0.05) is 30.3 Å². The van der Waals surface area contributed by atoms with E-state index in [0.717, 1.165) is 5.56 Å². The van der Waals surface area contributed by atoms with Crippen LogP contribution in [0.3, 0.4) is 0 Å². The van der Waals surface area contributed by atoms with Gasteiger partial charge in [-0.05, 0) is 5.56 Å². The summed E-state index contributed by atoms with van der Waals surface area (Å²) in [5, 5.41) is 0. The van der Waals surface area contributed by atoms with E-state index in [0.29, 0.717) is 19.5 Å². The molecule has 5 heteroatoms. The Kier molecular flexibility index (Phi) is 3.52. The Labute approximate surface area is 118 Å². The summed E-state index contributed by atoms with van der Waals surface area (Å²) in [6.07, 6.45) is 5.87. The van der Waals surface area contributed by atoms with Gasteiger partial charge in [0.2, 0.25) is 5.91 Å². The highest BCUT2D eigenvalue weighted by atomic mass is 16.2. The van der Waals surface area contributed by atoms with E-state index in [1.54, 1.807) is 12.5 Å². The largest absolute Gasteiger partial charge is 0.335 e. The maximum atomic E-state index is 12.1. The van der Waals surface area contributed by atoms with Crippen LogP contribution >= 0.6 is 0 Å². The van der Waals surface area contributed by atoms with E-state index in [4.69, 9.17) is 5.73 Å². The van der Waals surface area contributed by atoms with Gasteiger partial charge in [-0.25, -0.2) is 4.98 Å². The summed E-state index contributed by atoms with van der Waals surface area (Å²) >= 11 is 0. The number of nitrogens with two attached hydrogens (primary N) is 1. The Bertz CT molecular complexity index is 567. The van der Waals surface area contributed by atoms with E-state index in [-0.39, 0.29) is 18.0 Å². The number of nitrogens with zero attached hydrogens (tertiary/aromatic N) is 3. The van der Waals surface area contributed by atoms with Crippen LogP contribution in [0, 0.1) is 0 Å². The molecule has 104 valence electrons. The second-order valence-corrected chi connectivity index (χ2v) is 5.20. The predicted molar refractivity (Wildman–Crippen MR) is 75.7 cm³/mol. The topological polar surface area (TPSA) is 64.2 Å². The smallest absolute Gasteiger partial charge is 0.224 e. The molecule has 3 rings (SSSR count). The number of benzene rings is 1. The second kappa shape index (κ2) is 5.46. The molecule has 2 atom stereocenters. The van der Waals surface area contributed by atoms with E-state index in [1.807, 2.05) is 33.9 Å². The molecule has 5 nitrogen and oxygen atoms in total. The number of aromatic nitrogens is 2. The van der Waals surface area contributed by atoms with E-state index >= 15 is 0 Å². The summed E-state index contributed by atoms with van der Waals surface area (Å²) in [6, 6.07) is 10.0. The molecule has 1 saturated heterocycles. The summed E-state index contributed by atoms with van der Waals surface area (Å²) < 4.78 is 1.99. The molecular weight excluding hydrogens is 252 g/mol. The number of amides is 1. The minimum Gasteiger partial charge on any atom is -0.335 e. The molecule has 0 bridgehead atoms. The summed E-state index contributed by atoms with van der Waals surface area (Å²) in [5.41, 5.74) is 7.05. The quantitative estimate of drug-likeness (QED) is 0.907. The first-order chi connectivity index (χ1) is 9.74. The maximum Gasteiger partial charge on any atom is 0.224 e. The zero-order valence-electron chi connectivity index (χ0n) is 11.2. The van der Waals surface area contributed by atoms with E-state index in [2.05, 4.69) is 17.1 Å². The van der Waals surface area contributed by atoms with Crippen LogP contribution in [-0.2, 0) is 11.3 Å². The first-order valence-electron chi connectivity index (χ1n) is 6.80. The number of hydrogen-bond acceptors (Lipinski definition) is 3. The van der Waals surface area contributed by atoms with Crippen LogP contribution in [0.2, 0.25) is 0 Å². The van der Waals surface area contributed by atoms with Crippen molar-refractivity contribution in [3.8, 4) is 0 Å². The Morgan fingerprint density at radius 2 is 2.15 bits per heavy atom. The van der Waals surface area contributed by atoms with Crippen molar-refractivity contribution in [2.24, 2.45) is 5.73 Å². The monoisotopic (exact) mass is 270 g/mol. The van der Waals surface area contributed by atoms with Gasteiger partial charge in [0, 0.05) is 37.9 Å². The number of rotatable bonds is 4. The zero-order valence-corrected chi connectivity index (χ0v) is 11.2. The van der Waals surface area contributed by atoms with E-state index in [9.17, 15) is 4.79 Å². The van der Waals surface area contributed by atoms with Crippen LogP contribution in [0.15, 0.2) is 49.1 Å². The molecule has 1 fully saturated rings. The van der Waals surface area contributed by atoms with Crippen LogP contribution in [0.1, 0.15) is 18.0 Å². The normalized spacial score (nSPS) is 20.4. The summed E-state index contributed by atoms with van der Waals surface area (Å²) in [4.78, 5) is 18.1. The molecule has 0 saturated carbocycles. The van der Waals surface area contributed by atoms with Crippen molar-refractivity contribution in [2.75, 3.05) is 6.54 Å². The fourth-order valence-electron chi connectivity index (χ4n) is 2.72. The van der Waals surface area contributed by atoms with Gasteiger partial charge in [0.05, 0.1) is 12.4 Å². The number of hydrogen-bond donors (Lipinski definition) is 1. The minimum absolute atomic E-state index is 0.00597. The van der Waals surface area contributed by atoms with Gasteiger partial charge in [-0.3, -0.25) is 4.79 Å². The lowest BCUT2D eigenvalue weighted by Crippen LogP contribution is -2.34. The van der Waals surface area contributed by atoms with Crippen LogP contribution in [0.25, 0.3) is 0 Å². The van der Waals surface area contributed by atoms with Crippen molar-refractivity contribution in [2.45, 2.75) is 25.0 Å². The molecule has 2 heterocycles. The molecule has 1 aromatic carbocycles. The Hall–Kier alpha value is -2.14. The van der Waals surface area contributed by atoms with Crippen molar-refractivity contribution in [3.63, 3.8) is 0 Å². The summed E-state index contributed by atoms with van der Waals surface area (Å²) in [6.45, 7) is 1.32. The SMILES string of the molecule is NC1CC(=O)N(C(Cn2ccnc2)c2ccccc2)C1. The molecule has 1 amide bonds. The highest BCUT2D eigenvalue weighted by Crippen LogP contribution is 2.27. The zero-order chi connectivity index (χ0) is 13.9. The molecular formula is C15H18N4O. The van der Waals surface area contributed by atoms with Crippen molar-refractivity contribution in [1.29, 1.82) is 0 Å². The fourth-order valence-corrected chi connectivity index (χ4v) is 2.72. The highest BCUT2D eigenvalue weighted by molar-refractivity contribution is 5.79. The van der Waals surface area contributed by atoms with Gasteiger partial charge in [0.25, 0.3) is 0 Å². The molecule has 2 unspecified atom stereocenters. The van der Waals surface area contributed by atoms with Crippen molar-refractivity contribution in [1.82, 2.24) is 14.5 Å². The molecule has 2 aromatic rings. The average Bonchev–Trinajstić information content (AvgIpc) is 3.07. The molecule has 0 radical (unpaired) electrons. The van der Waals surface area contributed by atoms with Crippen LogP contribution < -0.4 is 5.73 Å². The standard InChI is InChI=1S/C15H18N4O/c16-13-8-15(20)19(9-13)14(10-18-7-6-17-11-18)12-4-2-1-3-5-12/h1-7,11,13-14H,8-10,16H2. The fraction of sp³-hybridized carbons (Fsp3) is 0.333. The number of likely N-dealkylation sites (tertiary alicyclic amines) is 1. The van der Waals surface area contributed by atoms with Crippen molar-refractivity contribution in [3.05, 3.63) is 54.6 Å². The first kappa shape index (κ1) is 12.9. The van der Waals surface area contributed by atoms with Gasteiger partial charge in [-0.15, -0.1) is 0 Å². The first-order valence-corrected chi connectivity index (χ1v) is 6.80. The summed E-state index contributed by atoms with van der Waals surface area (Å²) in [7, 11) is 0. The Balaban J connectivity index is 1.89. The molecule has 1 aromatic heterocycles. The summed E-state index contributed by atoms with van der Waals surface area (Å²) in [5.74, 6) is 0.131. The lowest BCUT2D eigenvalue weighted by Gasteiger charge is -2.28. The van der Waals surface area contributed by atoms with Crippen LogP contribution in [0.4, 0.5) is 0 Å². The van der Waals surface area contributed by atoms with Gasteiger partial charge in [0.1, 0.15) is 0 Å². The van der Waals surface area contributed by atoms with Crippen LogP contribution in [0.5, 0.6) is 0 Å².